The van der Waals surface area contributed by atoms with Gasteiger partial charge in [-0.3, -0.25) is 0 Å². The molecule has 0 amide bonds. The van der Waals surface area contributed by atoms with E-state index >= 15 is 0 Å². The lowest BCUT2D eigenvalue weighted by molar-refractivity contribution is -0.704. The van der Waals surface area contributed by atoms with Gasteiger partial charge in [-0.05, 0) is 0 Å². The van der Waals surface area contributed by atoms with E-state index in [4.69, 9.17) is 13.3 Å². The van der Waals surface area contributed by atoms with Gasteiger partial charge in [-0.15, -0.1) is 0 Å². The highest BCUT2D eigenvalue weighted by Crippen LogP contribution is 2.36. The summed E-state index contributed by atoms with van der Waals surface area (Å²) >= 11 is 0. The molecule has 1 heterocycles. The average molecular weight is 551 g/mol. The number of hydrogen-bond donors (Lipinski definition) is 0. The Labute approximate surface area is 189 Å². The number of aromatic nitrogens is 1. The summed E-state index contributed by atoms with van der Waals surface area (Å²) in [4.78, 5) is 0. The fourth-order valence-electron chi connectivity index (χ4n) is 2.29. The van der Waals surface area contributed by atoms with Gasteiger partial charge in [-0.1, -0.05) is 13.0 Å². The van der Waals surface area contributed by atoms with Crippen LogP contribution < -0.4 is 4.57 Å². The normalized spacial score (nSPS) is 13.4. The second kappa shape index (κ2) is 12.4. The van der Waals surface area contributed by atoms with E-state index in [9.17, 15) is 43.2 Å². The third-order valence-electron chi connectivity index (χ3n) is 3.99. The van der Waals surface area contributed by atoms with Gasteiger partial charge in [0.05, 0.1) is 0 Å². The van der Waals surface area contributed by atoms with Gasteiger partial charge in [0.15, 0.2) is 31.9 Å². The third kappa shape index (κ3) is 9.45. The molecule has 194 valence electrons. The Balaban J connectivity index is 0.000000633. The lowest BCUT2D eigenvalue weighted by atomic mass is 10.2. The Kier molecular flexibility index (Phi) is 11.9. The Bertz CT molecular complexity index is 902. The highest BCUT2D eigenvalue weighted by Gasteiger charge is 2.47. The molecular weight excluding hydrogens is 526 g/mol. The monoisotopic (exact) mass is 550 g/mol. The number of nitrogens with zero attached hydrogens (tertiary/aromatic N) is 2. The molecule has 1 aromatic heterocycles. The number of alkyl halides is 6. The van der Waals surface area contributed by atoms with Gasteiger partial charge < -0.3 is 17.4 Å². The van der Waals surface area contributed by atoms with Crippen molar-refractivity contribution in [3.8, 4) is 0 Å². The number of sulfonamides is 2. The topological polar surface area (TPSA) is 114 Å². The number of hydrogen-bond acceptors (Lipinski definition) is 7. The smallest absolute Gasteiger partial charge is 0.421 e. The highest BCUT2D eigenvalue weighted by molar-refractivity contribution is 8.13. The summed E-state index contributed by atoms with van der Waals surface area (Å²) in [7, 11) is -10.9. The quantitative estimate of drug-likeness (QED) is 0.250. The minimum Gasteiger partial charge on any atom is -0.421 e. The van der Waals surface area contributed by atoms with Gasteiger partial charge in [0.1, 0.15) is 6.54 Å². The predicted molar refractivity (Wildman–Crippen MR) is 106 cm³/mol. The van der Waals surface area contributed by atoms with Gasteiger partial charge >= 0.3 is 19.8 Å². The van der Waals surface area contributed by atoms with E-state index in [0.717, 1.165) is 29.6 Å². The van der Waals surface area contributed by atoms with Crippen LogP contribution in [0.3, 0.4) is 0 Å². The molecule has 0 N–H and O–H groups in total. The minimum absolute atomic E-state index is 0.778. The molecule has 1 rings (SSSR count). The van der Waals surface area contributed by atoms with Crippen molar-refractivity contribution in [2.45, 2.75) is 43.4 Å². The predicted octanol–water partition coefficient (Wildman–Crippen LogP) is 2.86. The zero-order chi connectivity index (χ0) is 26.1. The summed E-state index contributed by atoms with van der Waals surface area (Å²) < 4.78 is 128. The van der Waals surface area contributed by atoms with Crippen LogP contribution in [0, 0.1) is 0 Å². The van der Waals surface area contributed by atoms with Crippen molar-refractivity contribution in [1.82, 2.24) is 0 Å². The van der Waals surface area contributed by atoms with E-state index in [1.54, 1.807) is 21.3 Å². The number of halogens is 6. The van der Waals surface area contributed by atoms with E-state index in [1.165, 1.54) is 5.69 Å². The summed E-state index contributed by atoms with van der Waals surface area (Å²) in [6.45, 7) is 3.14. The number of rotatable bonds is 10. The van der Waals surface area contributed by atoms with Crippen molar-refractivity contribution in [3.05, 3.63) is 34.2 Å². The molecule has 9 nitrogen and oxygen atoms in total. The Hall–Kier alpha value is -1.31. The molecule has 0 bridgehead atoms. The van der Waals surface area contributed by atoms with E-state index in [1.807, 2.05) is 0 Å². The summed E-state index contributed by atoms with van der Waals surface area (Å²) in [5, 5.41) is 0. The van der Waals surface area contributed by atoms with E-state index in [2.05, 4.69) is 35.9 Å². The first kappa shape index (κ1) is 31.7. The van der Waals surface area contributed by atoms with Crippen molar-refractivity contribution < 1.29 is 61.0 Å². The van der Waals surface area contributed by atoms with Gasteiger partial charge in [-0.2, -0.15) is 26.3 Å². The Morgan fingerprint density at radius 2 is 1.36 bits per heavy atom. The van der Waals surface area contributed by atoms with Gasteiger partial charge in [-0.25, -0.2) is 21.4 Å². The minimum atomic E-state index is -6.72. The Morgan fingerprint density at radius 3 is 1.73 bits per heavy atom. The second-order valence-corrected chi connectivity index (χ2v) is 12.6. The van der Waals surface area contributed by atoms with Crippen LogP contribution in [0.2, 0.25) is 6.04 Å². The number of pyridine rings is 1. The molecule has 0 atom stereocenters. The average Bonchev–Trinajstić information content (AvgIpc) is 2.70. The summed E-state index contributed by atoms with van der Waals surface area (Å²) in [5.74, 6) is 0. The van der Waals surface area contributed by atoms with E-state index in [-0.39, 0.29) is 0 Å². The van der Waals surface area contributed by atoms with Crippen LogP contribution in [0.25, 0.3) is 4.13 Å². The first-order valence-corrected chi connectivity index (χ1v) is 13.7. The molecule has 33 heavy (non-hydrogen) atoms. The van der Waals surface area contributed by atoms with E-state index in [0.29, 0.717) is 0 Å². The van der Waals surface area contributed by atoms with Crippen molar-refractivity contribution in [2.75, 3.05) is 21.3 Å². The van der Waals surface area contributed by atoms with E-state index < -0.39 is 39.9 Å². The molecule has 0 radical (unpaired) electrons. The molecule has 18 heteroatoms. The van der Waals surface area contributed by atoms with Gasteiger partial charge in [0.2, 0.25) is 0 Å². The van der Waals surface area contributed by atoms with Crippen LogP contribution in [0.5, 0.6) is 0 Å². The summed E-state index contributed by atoms with van der Waals surface area (Å²) in [6.07, 6.45) is 4.15. The summed E-state index contributed by atoms with van der Waals surface area (Å²) in [5.41, 5.74) is -11.1. The first-order chi connectivity index (χ1) is 14.9. The maximum atomic E-state index is 11.4. The van der Waals surface area contributed by atoms with Crippen LogP contribution >= 0.6 is 0 Å². The summed E-state index contributed by atoms with van der Waals surface area (Å²) in [6, 6.07) is 7.13. The van der Waals surface area contributed by atoms with Crippen LogP contribution in [-0.4, -0.2) is 58.0 Å². The van der Waals surface area contributed by atoms with Crippen molar-refractivity contribution in [3.63, 3.8) is 0 Å². The van der Waals surface area contributed by atoms with Crippen molar-refractivity contribution in [1.29, 1.82) is 0 Å². The largest absolute Gasteiger partial charge is 0.500 e. The molecule has 0 unspecified atom stereocenters. The fourth-order valence-corrected chi connectivity index (χ4v) is 5.70. The second-order valence-electron chi connectivity index (χ2n) is 6.05. The number of aryl methyl sites for hydroxylation is 2. The van der Waals surface area contributed by atoms with Crippen molar-refractivity contribution in [2.24, 2.45) is 0 Å². The third-order valence-corrected chi connectivity index (χ3v) is 9.57. The maximum Gasteiger partial charge on any atom is 0.500 e. The lowest BCUT2D eigenvalue weighted by Crippen LogP contribution is -2.44. The SMILES string of the molecule is CCc1cccc[n+]1CCC[Si](OC)(OC)OC.O=S(=O)([N-]S(=O)(=O)C(F)(F)F)C(F)(F)F. The molecule has 0 aliphatic heterocycles. The molecule has 0 saturated heterocycles. The lowest BCUT2D eigenvalue weighted by Gasteiger charge is -2.23. The molecular formula is C15H24F6N2O7S2Si. The Morgan fingerprint density at radius 1 is 0.909 bits per heavy atom. The molecule has 0 aromatic carbocycles. The fraction of sp³-hybridized carbons (Fsp3) is 0.667. The van der Waals surface area contributed by atoms with Crippen LogP contribution in [0.1, 0.15) is 19.0 Å². The highest BCUT2D eigenvalue weighted by atomic mass is 32.3. The zero-order valence-electron chi connectivity index (χ0n) is 18.0. The van der Waals surface area contributed by atoms with Gasteiger partial charge in [0.25, 0.3) is 0 Å². The molecule has 0 aliphatic carbocycles. The van der Waals surface area contributed by atoms with Crippen LogP contribution in [-0.2, 0) is 46.3 Å². The maximum absolute atomic E-state index is 11.4. The van der Waals surface area contributed by atoms with Crippen LogP contribution in [0.4, 0.5) is 26.3 Å². The van der Waals surface area contributed by atoms with Crippen LogP contribution in [0.15, 0.2) is 24.4 Å². The molecule has 0 fully saturated rings. The van der Waals surface area contributed by atoms with Gasteiger partial charge in [0, 0.05) is 52.3 Å². The standard InChI is InChI=1S/C13H24NO3Si.C2F6NO4S2/c1-5-13-9-6-7-10-14(13)11-8-12-18(15-2,16-3)17-4;3-1(4,5)14(10,11)9-15(12,13)2(6,7)8/h6-7,9-10H,5,8,11-12H2,1-4H3;/q+1;-1. The van der Waals surface area contributed by atoms with Crippen molar-refractivity contribution >= 4 is 28.9 Å². The molecule has 0 aliphatic rings. The molecule has 0 spiro atoms. The molecule has 1 aromatic rings. The first-order valence-electron chi connectivity index (χ1n) is 8.91. The zero-order valence-corrected chi connectivity index (χ0v) is 20.6. The molecule has 0 saturated carbocycles.